The van der Waals surface area contributed by atoms with E-state index in [2.05, 4.69) is 4.90 Å². The van der Waals surface area contributed by atoms with E-state index in [1.54, 1.807) is 4.90 Å². The van der Waals surface area contributed by atoms with Crippen molar-refractivity contribution in [3.05, 3.63) is 0 Å². The summed E-state index contributed by atoms with van der Waals surface area (Å²) >= 11 is 0. The average Bonchev–Trinajstić information content (AvgIpc) is 2.39. The predicted octanol–water partition coefficient (Wildman–Crippen LogP) is 1.28. The Hall–Kier alpha value is -0.810. The van der Waals surface area contributed by atoms with E-state index in [1.165, 1.54) is 0 Å². The van der Waals surface area contributed by atoms with Gasteiger partial charge >= 0.3 is 6.09 Å². The van der Waals surface area contributed by atoms with E-state index in [-0.39, 0.29) is 12.1 Å². The summed E-state index contributed by atoms with van der Waals surface area (Å²) in [7, 11) is 0. The van der Waals surface area contributed by atoms with Crippen molar-refractivity contribution in [1.82, 2.24) is 9.80 Å². The summed E-state index contributed by atoms with van der Waals surface area (Å²) in [5.41, 5.74) is 5.38. The monoisotopic (exact) mass is 257 g/mol. The summed E-state index contributed by atoms with van der Waals surface area (Å²) in [5.74, 6) is 0. The Labute approximate surface area is 110 Å². The van der Waals surface area contributed by atoms with Crippen LogP contribution in [-0.4, -0.2) is 60.3 Å². The largest absolute Gasteiger partial charge is 0.444 e. The number of hydrogen-bond donors (Lipinski definition) is 1. The number of carbonyl (C=O) groups is 1. The van der Waals surface area contributed by atoms with Gasteiger partial charge in [0.05, 0.1) is 0 Å². The fourth-order valence-electron chi connectivity index (χ4n) is 2.07. The van der Waals surface area contributed by atoms with Crippen LogP contribution in [0.4, 0.5) is 4.79 Å². The highest BCUT2D eigenvalue weighted by Gasteiger charge is 2.24. The number of hydrogen-bond acceptors (Lipinski definition) is 4. The molecule has 0 aromatic rings. The molecule has 0 aromatic heterocycles. The summed E-state index contributed by atoms with van der Waals surface area (Å²) < 4.78 is 5.39. The van der Waals surface area contributed by atoms with Crippen LogP contribution < -0.4 is 5.73 Å². The molecule has 5 nitrogen and oxygen atoms in total. The maximum absolute atomic E-state index is 12.0. The van der Waals surface area contributed by atoms with Crippen LogP contribution in [0.3, 0.4) is 0 Å². The molecule has 1 aliphatic rings. The first-order valence-corrected chi connectivity index (χ1v) is 6.74. The molecular weight excluding hydrogens is 230 g/mol. The molecule has 1 atom stereocenters. The zero-order valence-corrected chi connectivity index (χ0v) is 12.1. The van der Waals surface area contributed by atoms with Gasteiger partial charge in [-0.1, -0.05) is 0 Å². The second-order valence-corrected chi connectivity index (χ2v) is 6.10. The summed E-state index contributed by atoms with van der Waals surface area (Å²) in [5, 5.41) is 0. The molecule has 1 amide bonds. The van der Waals surface area contributed by atoms with Crippen LogP contribution in [-0.2, 0) is 4.74 Å². The molecule has 1 aliphatic heterocycles. The highest BCUT2D eigenvalue weighted by atomic mass is 16.6. The number of carbonyl (C=O) groups excluding carboxylic acids is 1. The smallest absolute Gasteiger partial charge is 0.410 e. The Morgan fingerprint density at radius 3 is 2.50 bits per heavy atom. The minimum atomic E-state index is -0.422. The van der Waals surface area contributed by atoms with Crippen molar-refractivity contribution < 1.29 is 9.53 Å². The number of rotatable bonds is 2. The third-order valence-electron chi connectivity index (χ3n) is 2.79. The van der Waals surface area contributed by atoms with Gasteiger partial charge in [0.25, 0.3) is 0 Å². The van der Waals surface area contributed by atoms with Gasteiger partial charge < -0.3 is 15.4 Å². The first-order chi connectivity index (χ1) is 8.28. The minimum absolute atomic E-state index is 0.179. The highest BCUT2D eigenvalue weighted by Crippen LogP contribution is 2.12. The summed E-state index contributed by atoms with van der Waals surface area (Å²) in [4.78, 5) is 16.1. The van der Waals surface area contributed by atoms with E-state index in [9.17, 15) is 4.79 Å². The van der Waals surface area contributed by atoms with Gasteiger partial charge in [0.15, 0.2) is 0 Å². The fraction of sp³-hybridized carbons (Fsp3) is 0.923. The van der Waals surface area contributed by atoms with E-state index in [1.807, 2.05) is 27.7 Å². The molecule has 0 radical (unpaired) electrons. The molecule has 1 heterocycles. The van der Waals surface area contributed by atoms with E-state index in [0.29, 0.717) is 0 Å². The van der Waals surface area contributed by atoms with Gasteiger partial charge in [-0.05, 0) is 40.7 Å². The average molecular weight is 257 g/mol. The van der Waals surface area contributed by atoms with Crippen LogP contribution in [0.2, 0.25) is 0 Å². The number of nitrogens with zero attached hydrogens (tertiary/aromatic N) is 2. The second kappa shape index (κ2) is 6.38. The first-order valence-electron chi connectivity index (χ1n) is 6.74. The third-order valence-corrected chi connectivity index (χ3v) is 2.79. The molecule has 18 heavy (non-hydrogen) atoms. The SMILES string of the molecule is CC(N)CN1CCCN(C(=O)OC(C)(C)C)CC1. The lowest BCUT2D eigenvalue weighted by atomic mass is 10.2. The quantitative estimate of drug-likeness (QED) is 0.809. The van der Waals surface area contributed by atoms with Crippen molar-refractivity contribution in [3.63, 3.8) is 0 Å². The molecule has 1 unspecified atom stereocenters. The maximum Gasteiger partial charge on any atom is 0.410 e. The lowest BCUT2D eigenvalue weighted by molar-refractivity contribution is 0.0257. The molecule has 1 saturated heterocycles. The Kier molecular flexibility index (Phi) is 5.41. The first kappa shape index (κ1) is 15.2. The molecule has 1 fully saturated rings. The molecule has 0 saturated carbocycles. The van der Waals surface area contributed by atoms with E-state index >= 15 is 0 Å². The van der Waals surface area contributed by atoms with Gasteiger partial charge in [0.2, 0.25) is 0 Å². The fourth-order valence-corrected chi connectivity index (χ4v) is 2.07. The Morgan fingerprint density at radius 2 is 1.94 bits per heavy atom. The zero-order chi connectivity index (χ0) is 13.8. The van der Waals surface area contributed by atoms with E-state index in [4.69, 9.17) is 10.5 Å². The third kappa shape index (κ3) is 5.69. The van der Waals surface area contributed by atoms with Crippen LogP contribution in [0.25, 0.3) is 0 Å². The lowest BCUT2D eigenvalue weighted by Gasteiger charge is -2.26. The molecule has 2 N–H and O–H groups in total. The molecular formula is C13H27N3O2. The molecule has 0 aromatic carbocycles. The molecule has 106 valence electrons. The topological polar surface area (TPSA) is 58.8 Å². The van der Waals surface area contributed by atoms with Gasteiger partial charge in [0.1, 0.15) is 5.60 Å². The lowest BCUT2D eigenvalue weighted by Crippen LogP contribution is -2.40. The standard InChI is InChI=1S/C13H27N3O2/c1-11(14)10-15-6-5-7-16(9-8-15)12(17)18-13(2,3)4/h11H,5-10,14H2,1-4H3. The van der Waals surface area contributed by atoms with E-state index < -0.39 is 5.60 Å². The maximum atomic E-state index is 12.0. The number of ether oxygens (including phenoxy) is 1. The van der Waals surface area contributed by atoms with Crippen LogP contribution >= 0.6 is 0 Å². The Morgan fingerprint density at radius 1 is 1.28 bits per heavy atom. The summed E-state index contributed by atoms with van der Waals surface area (Å²) in [6, 6.07) is 0.179. The second-order valence-electron chi connectivity index (χ2n) is 6.10. The van der Waals surface area contributed by atoms with E-state index in [0.717, 1.165) is 39.1 Å². The summed E-state index contributed by atoms with van der Waals surface area (Å²) in [6.07, 6.45) is 0.775. The number of nitrogens with two attached hydrogens (primary N) is 1. The van der Waals surface area contributed by atoms with Crippen molar-refractivity contribution in [3.8, 4) is 0 Å². The Balaban J connectivity index is 2.44. The van der Waals surface area contributed by atoms with Gasteiger partial charge in [-0.15, -0.1) is 0 Å². The van der Waals surface area contributed by atoms with Gasteiger partial charge in [0, 0.05) is 32.2 Å². The molecule has 0 bridgehead atoms. The molecule has 1 rings (SSSR count). The normalized spacial score (nSPS) is 20.4. The molecule has 0 spiro atoms. The van der Waals surface area contributed by atoms with Crippen molar-refractivity contribution >= 4 is 6.09 Å². The van der Waals surface area contributed by atoms with Crippen molar-refractivity contribution in [2.24, 2.45) is 5.73 Å². The van der Waals surface area contributed by atoms with Gasteiger partial charge in [-0.2, -0.15) is 0 Å². The summed E-state index contributed by atoms with van der Waals surface area (Å²) in [6.45, 7) is 12.0. The molecule has 0 aliphatic carbocycles. The predicted molar refractivity (Wildman–Crippen MR) is 72.5 cm³/mol. The van der Waals surface area contributed by atoms with Crippen LogP contribution in [0, 0.1) is 0 Å². The van der Waals surface area contributed by atoms with Crippen LogP contribution in [0.1, 0.15) is 34.1 Å². The molecule has 5 heteroatoms. The van der Waals surface area contributed by atoms with Crippen molar-refractivity contribution in [2.45, 2.75) is 45.8 Å². The van der Waals surface area contributed by atoms with Crippen molar-refractivity contribution in [1.29, 1.82) is 0 Å². The highest BCUT2D eigenvalue weighted by molar-refractivity contribution is 5.68. The Bertz CT molecular complexity index is 274. The van der Waals surface area contributed by atoms with Crippen LogP contribution in [0.15, 0.2) is 0 Å². The zero-order valence-electron chi connectivity index (χ0n) is 12.1. The van der Waals surface area contributed by atoms with Crippen LogP contribution in [0.5, 0.6) is 0 Å². The van der Waals surface area contributed by atoms with Gasteiger partial charge in [-0.3, -0.25) is 4.90 Å². The minimum Gasteiger partial charge on any atom is -0.444 e. The number of amides is 1. The van der Waals surface area contributed by atoms with Crippen molar-refractivity contribution in [2.75, 3.05) is 32.7 Å². The van der Waals surface area contributed by atoms with Gasteiger partial charge in [-0.25, -0.2) is 4.79 Å².